The third kappa shape index (κ3) is 5.81. The Morgan fingerprint density at radius 3 is 2.96 bits per heavy atom. The average Bonchev–Trinajstić information content (AvgIpc) is 3.41. The summed E-state index contributed by atoms with van der Waals surface area (Å²) in [6.07, 6.45) is 2.42. The van der Waals surface area contributed by atoms with E-state index in [4.69, 9.17) is 4.74 Å². The Hall–Kier alpha value is -2.38. The van der Waals surface area contributed by atoms with Crippen molar-refractivity contribution < 1.29 is 9.53 Å². The van der Waals surface area contributed by atoms with E-state index >= 15 is 0 Å². The first-order valence-corrected chi connectivity index (χ1v) is 10.5. The van der Waals surface area contributed by atoms with Crippen LogP contribution in [0.25, 0.3) is 0 Å². The molecule has 1 aromatic heterocycles. The van der Waals surface area contributed by atoms with E-state index in [1.165, 1.54) is 4.88 Å². The van der Waals surface area contributed by atoms with Crippen LogP contribution in [0, 0.1) is 0 Å². The fourth-order valence-electron chi connectivity index (χ4n) is 3.17. The number of guanidine groups is 1. The van der Waals surface area contributed by atoms with Gasteiger partial charge in [-0.05, 0) is 48.4 Å². The number of likely N-dealkylation sites (N-methyl/N-ethyl adjacent to an activating group) is 1. The Morgan fingerprint density at radius 2 is 2.25 bits per heavy atom. The number of aliphatic imine (C=N–C) groups is 1. The molecule has 0 spiro atoms. The lowest BCUT2D eigenvalue weighted by Gasteiger charge is -2.22. The summed E-state index contributed by atoms with van der Waals surface area (Å²) in [5.41, 5.74) is 1.87. The minimum absolute atomic E-state index is 0.0632. The monoisotopic (exact) mass is 400 g/mol. The first-order chi connectivity index (χ1) is 13.7. The van der Waals surface area contributed by atoms with Gasteiger partial charge >= 0.3 is 0 Å². The number of hydrogen-bond donors (Lipinski definition) is 2. The number of nitrogens with one attached hydrogen (secondary N) is 2. The van der Waals surface area contributed by atoms with Crippen molar-refractivity contribution in [2.75, 3.05) is 32.6 Å². The van der Waals surface area contributed by atoms with Crippen molar-refractivity contribution in [2.24, 2.45) is 4.99 Å². The smallest absolute Gasteiger partial charge is 0.253 e. The lowest BCUT2D eigenvalue weighted by molar-refractivity contribution is -0.124. The zero-order valence-corrected chi connectivity index (χ0v) is 17.3. The fourth-order valence-corrected chi connectivity index (χ4v) is 3.87. The van der Waals surface area contributed by atoms with Crippen LogP contribution in [0.4, 0.5) is 5.69 Å². The Morgan fingerprint density at radius 1 is 1.36 bits per heavy atom. The number of rotatable bonds is 7. The van der Waals surface area contributed by atoms with Gasteiger partial charge in [0.1, 0.15) is 6.10 Å². The molecule has 1 fully saturated rings. The highest BCUT2D eigenvalue weighted by atomic mass is 32.1. The number of benzene rings is 1. The molecule has 2 heterocycles. The largest absolute Gasteiger partial charge is 0.368 e. The van der Waals surface area contributed by atoms with Crippen molar-refractivity contribution in [3.8, 4) is 0 Å². The van der Waals surface area contributed by atoms with E-state index in [-0.39, 0.29) is 12.0 Å². The zero-order valence-electron chi connectivity index (χ0n) is 16.5. The van der Waals surface area contributed by atoms with Crippen molar-refractivity contribution >= 4 is 28.9 Å². The minimum Gasteiger partial charge on any atom is -0.368 e. The summed E-state index contributed by atoms with van der Waals surface area (Å²) >= 11 is 1.78. The summed E-state index contributed by atoms with van der Waals surface area (Å²) in [4.78, 5) is 20.1. The van der Waals surface area contributed by atoms with E-state index in [1.54, 1.807) is 18.4 Å². The van der Waals surface area contributed by atoms with Crippen LogP contribution in [0.5, 0.6) is 0 Å². The van der Waals surface area contributed by atoms with Gasteiger partial charge in [-0.25, -0.2) is 0 Å². The summed E-state index contributed by atoms with van der Waals surface area (Å²) in [6, 6.07) is 12.1. The van der Waals surface area contributed by atoms with Crippen molar-refractivity contribution in [1.29, 1.82) is 0 Å². The molecular weight excluding hydrogens is 372 g/mol. The average molecular weight is 401 g/mol. The lowest BCUT2D eigenvalue weighted by atomic mass is 10.2. The zero-order chi connectivity index (χ0) is 19.8. The molecule has 1 unspecified atom stereocenters. The van der Waals surface area contributed by atoms with Gasteiger partial charge in [0.2, 0.25) is 0 Å². The highest BCUT2D eigenvalue weighted by Crippen LogP contribution is 2.16. The van der Waals surface area contributed by atoms with Crippen molar-refractivity contribution in [2.45, 2.75) is 31.9 Å². The van der Waals surface area contributed by atoms with Crippen LogP contribution in [-0.2, 0) is 22.5 Å². The number of nitrogens with zero attached hydrogens (tertiary/aromatic N) is 2. The predicted octanol–water partition coefficient (Wildman–Crippen LogP) is 3.12. The number of ether oxygens (including phenoxy) is 1. The molecule has 3 rings (SSSR count). The Labute approximate surface area is 170 Å². The van der Waals surface area contributed by atoms with Gasteiger partial charge in [-0.3, -0.25) is 9.79 Å². The molecule has 1 aliphatic rings. The van der Waals surface area contributed by atoms with Crippen LogP contribution >= 0.6 is 11.3 Å². The topological polar surface area (TPSA) is 66.0 Å². The quantitative estimate of drug-likeness (QED) is 0.554. The van der Waals surface area contributed by atoms with Crippen LogP contribution < -0.4 is 10.6 Å². The third-order valence-corrected chi connectivity index (χ3v) is 5.65. The van der Waals surface area contributed by atoms with Crippen molar-refractivity contribution in [1.82, 2.24) is 10.2 Å². The summed E-state index contributed by atoms with van der Waals surface area (Å²) < 4.78 is 5.44. The number of amides is 1. The molecule has 0 aliphatic carbocycles. The SMILES string of the molecule is CN=C(NCc1cccc(NC(=O)C2CCCO2)c1)N(C)CCc1cccs1. The van der Waals surface area contributed by atoms with Crippen molar-refractivity contribution in [3.05, 3.63) is 52.2 Å². The van der Waals surface area contributed by atoms with Gasteiger partial charge in [-0.15, -0.1) is 11.3 Å². The van der Waals surface area contributed by atoms with E-state index in [1.807, 2.05) is 31.3 Å². The molecule has 1 atom stereocenters. The Kier molecular flexibility index (Phi) is 7.45. The minimum atomic E-state index is -0.322. The van der Waals surface area contributed by atoms with E-state index in [2.05, 4.69) is 38.0 Å². The highest BCUT2D eigenvalue weighted by Gasteiger charge is 2.23. The molecule has 1 amide bonds. The molecule has 0 radical (unpaired) electrons. The second-order valence-corrected chi connectivity index (χ2v) is 7.88. The van der Waals surface area contributed by atoms with Crippen LogP contribution in [0.1, 0.15) is 23.3 Å². The molecule has 2 N–H and O–H groups in total. The van der Waals surface area contributed by atoms with Gasteiger partial charge in [0.15, 0.2) is 5.96 Å². The predicted molar refractivity (Wildman–Crippen MR) is 115 cm³/mol. The number of hydrogen-bond acceptors (Lipinski definition) is 4. The molecule has 1 aliphatic heterocycles. The Balaban J connectivity index is 1.50. The number of carbonyl (C=O) groups excluding carboxylic acids is 1. The van der Waals surface area contributed by atoms with E-state index in [0.717, 1.165) is 43.0 Å². The molecule has 7 heteroatoms. The first-order valence-electron chi connectivity index (χ1n) is 9.61. The van der Waals surface area contributed by atoms with Gasteiger partial charge in [-0.1, -0.05) is 18.2 Å². The number of thiophene rings is 1. The maximum Gasteiger partial charge on any atom is 0.253 e. The summed E-state index contributed by atoms with van der Waals surface area (Å²) in [6.45, 7) is 2.21. The molecule has 1 saturated heterocycles. The van der Waals surface area contributed by atoms with E-state index < -0.39 is 0 Å². The summed E-state index contributed by atoms with van der Waals surface area (Å²) in [5, 5.41) is 8.45. The highest BCUT2D eigenvalue weighted by molar-refractivity contribution is 7.09. The maximum atomic E-state index is 12.2. The molecule has 0 saturated carbocycles. The van der Waals surface area contributed by atoms with Crippen LogP contribution in [0.15, 0.2) is 46.8 Å². The summed E-state index contributed by atoms with van der Waals surface area (Å²) in [5.74, 6) is 0.789. The number of carbonyl (C=O) groups is 1. The molecular formula is C21H28N4O2S. The maximum absolute atomic E-state index is 12.2. The third-order valence-electron chi connectivity index (χ3n) is 4.71. The molecule has 6 nitrogen and oxygen atoms in total. The van der Waals surface area contributed by atoms with Crippen molar-refractivity contribution in [3.63, 3.8) is 0 Å². The van der Waals surface area contributed by atoms with Gasteiger partial charge in [0.05, 0.1) is 0 Å². The molecule has 0 bridgehead atoms. The molecule has 2 aromatic rings. The second-order valence-electron chi connectivity index (χ2n) is 6.84. The fraction of sp³-hybridized carbons (Fsp3) is 0.429. The first kappa shape index (κ1) is 20.4. The van der Waals surface area contributed by atoms with Gasteiger partial charge < -0.3 is 20.3 Å². The van der Waals surface area contributed by atoms with Gasteiger partial charge in [0.25, 0.3) is 5.91 Å². The second kappa shape index (κ2) is 10.2. The van der Waals surface area contributed by atoms with E-state index in [9.17, 15) is 4.79 Å². The van der Waals surface area contributed by atoms with E-state index in [0.29, 0.717) is 13.2 Å². The lowest BCUT2D eigenvalue weighted by Crippen LogP contribution is -2.39. The molecule has 1 aromatic carbocycles. The number of anilines is 1. The van der Waals surface area contributed by atoms with Crippen LogP contribution in [0.2, 0.25) is 0 Å². The standard InChI is InChI=1S/C21H28N4O2S/c1-22-21(25(2)11-10-18-8-5-13-28-18)23-15-16-6-3-7-17(14-16)24-20(26)19-9-4-12-27-19/h3,5-8,13-14,19H,4,9-12,15H2,1-2H3,(H,22,23)(H,24,26). The molecule has 28 heavy (non-hydrogen) atoms. The Bertz CT molecular complexity index is 785. The van der Waals surface area contributed by atoms with Crippen LogP contribution in [-0.4, -0.2) is 50.1 Å². The van der Waals surface area contributed by atoms with Gasteiger partial charge in [0, 0.05) is 44.4 Å². The van der Waals surface area contributed by atoms with Crippen LogP contribution in [0.3, 0.4) is 0 Å². The van der Waals surface area contributed by atoms with Gasteiger partial charge in [-0.2, -0.15) is 0 Å². The molecule has 150 valence electrons. The summed E-state index contributed by atoms with van der Waals surface area (Å²) in [7, 11) is 3.84. The normalized spacial score (nSPS) is 16.8.